The fourth-order valence-electron chi connectivity index (χ4n) is 3.35. The van der Waals surface area contributed by atoms with E-state index in [9.17, 15) is 35.9 Å². The van der Waals surface area contributed by atoms with Crippen LogP contribution in [-0.4, -0.2) is 35.5 Å². The Hall–Kier alpha value is -4.62. The van der Waals surface area contributed by atoms with Crippen molar-refractivity contribution in [3.05, 3.63) is 83.3 Å². The van der Waals surface area contributed by atoms with Crippen molar-refractivity contribution in [2.24, 2.45) is 0 Å². The maximum atomic E-state index is 13.1. The van der Waals surface area contributed by atoms with Gasteiger partial charge < -0.3 is 18.5 Å². The molecule has 0 amide bonds. The van der Waals surface area contributed by atoms with E-state index in [-0.39, 0.29) is 24.5 Å². The van der Waals surface area contributed by atoms with Crippen molar-refractivity contribution in [1.82, 2.24) is 10.3 Å². The third kappa shape index (κ3) is 6.87. The average Bonchev–Trinajstić information content (AvgIpc) is 3.56. The van der Waals surface area contributed by atoms with E-state index in [1.807, 2.05) is 0 Å². The summed E-state index contributed by atoms with van der Waals surface area (Å²) in [4.78, 5) is 23.2. The van der Waals surface area contributed by atoms with E-state index in [1.165, 1.54) is 38.1 Å². The number of ether oxygens (including phenoxy) is 2. The summed E-state index contributed by atoms with van der Waals surface area (Å²) >= 11 is 0. The van der Waals surface area contributed by atoms with Crippen molar-refractivity contribution < 1.29 is 54.5 Å². The lowest BCUT2D eigenvalue weighted by atomic mass is 10.1. The van der Waals surface area contributed by atoms with Gasteiger partial charge in [0.2, 0.25) is 0 Å². The highest BCUT2D eigenvalue weighted by molar-refractivity contribution is 5.97. The van der Waals surface area contributed by atoms with Crippen molar-refractivity contribution in [2.75, 3.05) is 13.2 Å². The topological polar surface area (TPSA) is 105 Å². The van der Waals surface area contributed by atoms with Crippen molar-refractivity contribution in [2.45, 2.75) is 26.2 Å². The summed E-state index contributed by atoms with van der Waals surface area (Å²) in [5, 5.41) is 6.72. The van der Waals surface area contributed by atoms with Crippen LogP contribution in [0.1, 0.15) is 46.1 Å². The molecular weight excluding hydrogens is 550 g/mol. The molecule has 0 aliphatic carbocycles. The van der Waals surface area contributed by atoms with Crippen LogP contribution in [0.25, 0.3) is 22.5 Å². The van der Waals surface area contributed by atoms with Crippen LogP contribution < -0.4 is 0 Å². The second-order valence-corrected chi connectivity index (χ2v) is 7.64. The Labute approximate surface area is 222 Å². The molecule has 4 aromatic rings. The normalized spacial score (nSPS) is 11.4. The minimum absolute atomic E-state index is 0.0461. The number of carbonyl (C=O) groups is 2. The summed E-state index contributed by atoms with van der Waals surface area (Å²) in [5.74, 6) is -4.68. The van der Waals surface area contributed by atoms with Crippen LogP contribution in [0.3, 0.4) is 0 Å². The number of alkyl halides is 6. The number of halogens is 6. The number of hydrogen-bond acceptors (Lipinski definition) is 8. The molecule has 0 spiro atoms. The van der Waals surface area contributed by atoms with Crippen LogP contribution in [0, 0.1) is 0 Å². The molecule has 0 bridgehead atoms. The molecular formula is C26H20F6N2O6. The molecule has 8 nitrogen and oxygen atoms in total. The standard InChI is InChI=1S/2C13H10F3NO3/c1-2-19-12(18)11-9(13(14,15)16)10(17-20-11)8-6-4-3-5-7-8;1-2-19-12(18)9-10(8-6-4-3-5-7-8)17-20-11(9)13(14,15)16/h2*3-7H,2H2,1H3. The molecule has 0 fully saturated rings. The Morgan fingerprint density at radius 2 is 1.18 bits per heavy atom. The summed E-state index contributed by atoms with van der Waals surface area (Å²) in [6.45, 7) is 2.88. The SMILES string of the molecule is CCOC(=O)c1c(-c2ccccc2)noc1C(F)(F)F.CCOC(=O)c1onc(-c2ccccc2)c1C(F)(F)F. The maximum Gasteiger partial charge on any atom is 0.453 e. The molecule has 0 N–H and O–H groups in total. The fourth-order valence-corrected chi connectivity index (χ4v) is 3.35. The summed E-state index contributed by atoms with van der Waals surface area (Å²) in [6.07, 6.45) is -9.59. The molecule has 40 heavy (non-hydrogen) atoms. The predicted molar refractivity (Wildman–Crippen MR) is 126 cm³/mol. The molecule has 0 atom stereocenters. The van der Waals surface area contributed by atoms with Crippen molar-refractivity contribution in [3.63, 3.8) is 0 Å². The number of hydrogen-bond donors (Lipinski definition) is 0. The third-order valence-electron chi connectivity index (χ3n) is 4.96. The zero-order valence-electron chi connectivity index (χ0n) is 20.8. The van der Waals surface area contributed by atoms with Gasteiger partial charge >= 0.3 is 24.3 Å². The summed E-state index contributed by atoms with van der Waals surface area (Å²) < 4.78 is 95.9. The van der Waals surface area contributed by atoms with Gasteiger partial charge in [-0.05, 0) is 13.8 Å². The van der Waals surface area contributed by atoms with Crippen LogP contribution in [-0.2, 0) is 21.8 Å². The van der Waals surface area contributed by atoms with Gasteiger partial charge in [0.15, 0.2) is 0 Å². The monoisotopic (exact) mass is 570 g/mol. The van der Waals surface area contributed by atoms with E-state index < -0.39 is 52.6 Å². The first-order valence-electron chi connectivity index (χ1n) is 11.5. The number of aromatic nitrogens is 2. The van der Waals surface area contributed by atoms with Crippen molar-refractivity contribution >= 4 is 11.9 Å². The molecule has 14 heteroatoms. The first kappa shape index (κ1) is 29.9. The van der Waals surface area contributed by atoms with Gasteiger partial charge in [-0.3, -0.25) is 0 Å². The van der Waals surface area contributed by atoms with Crippen LogP contribution in [0.4, 0.5) is 26.3 Å². The largest absolute Gasteiger partial charge is 0.462 e. The Balaban J connectivity index is 0.000000220. The molecule has 0 radical (unpaired) electrons. The van der Waals surface area contributed by atoms with Gasteiger partial charge in [-0.25, -0.2) is 9.59 Å². The van der Waals surface area contributed by atoms with Gasteiger partial charge in [-0.2, -0.15) is 26.3 Å². The highest BCUT2D eigenvalue weighted by atomic mass is 19.4. The van der Waals surface area contributed by atoms with Gasteiger partial charge in [0.1, 0.15) is 22.5 Å². The van der Waals surface area contributed by atoms with Gasteiger partial charge in [-0.1, -0.05) is 71.0 Å². The Kier molecular flexibility index (Phi) is 9.35. The number of nitrogens with zero attached hydrogens (tertiary/aromatic N) is 2. The summed E-state index contributed by atoms with van der Waals surface area (Å²) in [7, 11) is 0. The first-order chi connectivity index (χ1) is 18.9. The number of esters is 2. The number of rotatable bonds is 6. The molecule has 0 aliphatic heterocycles. The Morgan fingerprint density at radius 1 is 0.700 bits per heavy atom. The summed E-state index contributed by atoms with van der Waals surface area (Å²) in [6, 6.07) is 15.7. The van der Waals surface area contributed by atoms with Crippen LogP contribution in [0.2, 0.25) is 0 Å². The van der Waals surface area contributed by atoms with Crippen molar-refractivity contribution in [1.29, 1.82) is 0 Å². The molecule has 0 unspecified atom stereocenters. The van der Waals surface area contributed by atoms with E-state index in [0.29, 0.717) is 5.56 Å². The number of benzene rings is 2. The zero-order valence-corrected chi connectivity index (χ0v) is 20.8. The second-order valence-electron chi connectivity index (χ2n) is 7.64. The minimum Gasteiger partial charge on any atom is -0.462 e. The highest BCUT2D eigenvalue weighted by Crippen LogP contribution is 2.39. The molecule has 2 aromatic carbocycles. The summed E-state index contributed by atoms with van der Waals surface area (Å²) in [5.41, 5.74) is -1.99. The van der Waals surface area contributed by atoms with E-state index in [1.54, 1.807) is 36.4 Å². The van der Waals surface area contributed by atoms with Crippen molar-refractivity contribution in [3.8, 4) is 22.5 Å². The van der Waals surface area contributed by atoms with Crippen LogP contribution >= 0.6 is 0 Å². The van der Waals surface area contributed by atoms with E-state index in [4.69, 9.17) is 0 Å². The van der Waals surface area contributed by atoms with Gasteiger partial charge in [0.25, 0.3) is 11.5 Å². The predicted octanol–water partition coefficient (Wildman–Crippen LogP) is 7.07. The Morgan fingerprint density at radius 3 is 1.65 bits per heavy atom. The third-order valence-corrected chi connectivity index (χ3v) is 4.96. The highest BCUT2D eigenvalue weighted by Gasteiger charge is 2.44. The van der Waals surface area contributed by atoms with Crippen LogP contribution in [0.5, 0.6) is 0 Å². The average molecular weight is 570 g/mol. The minimum atomic E-state index is -4.82. The quantitative estimate of drug-likeness (QED) is 0.179. The first-order valence-corrected chi connectivity index (χ1v) is 11.5. The van der Waals surface area contributed by atoms with Gasteiger partial charge in [0.05, 0.1) is 13.2 Å². The molecule has 2 heterocycles. The zero-order chi connectivity index (χ0) is 29.5. The second kappa shape index (κ2) is 12.5. The molecule has 4 rings (SSSR count). The smallest absolute Gasteiger partial charge is 0.453 e. The molecule has 0 saturated carbocycles. The van der Waals surface area contributed by atoms with E-state index in [2.05, 4.69) is 28.8 Å². The van der Waals surface area contributed by atoms with E-state index in [0.717, 1.165) is 0 Å². The van der Waals surface area contributed by atoms with Gasteiger partial charge in [0, 0.05) is 11.1 Å². The number of carbonyl (C=O) groups excluding carboxylic acids is 2. The lowest BCUT2D eigenvalue weighted by molar-refractivity contribution is -0.156. The fraction of sp³-hybridized carbons (Fsp3) is 0.231. The van der Waals surface area contributed by atoms with E-state index >= 15 is 0 Å². The maximum absolute atomic E-state index is 13.1. The lowest BCUT2D eigenvalue weighted by Gasteiger charge is -2.07. The molecule has 0 aliphatic rings. The molecule has 2 aromatic heterocycles. The van der Waals surface area contributed by atoms with Crippen LogP contribution in [0.15, 0.2) is 69.7 Å². The lowest BCUT2D eigenvalue weighted by Crippen LogP contribution is -2.14. The van der Waals surface area contributed by atoms with Gasteiger partial charge in [-0.15, -0.1) is 0 Å². The Bertz CT molecular complexity index is 1430. The molecule has 0 saturated heterocycles. The molecule has 212 valence electrons.